The van der Waals surface area contributed by atoms with Crippen LogP contribution in [0.3, 0.4) is 0 Å². The van der Waals surface area contributed by atoms with E-state index in [0.29, 0.717) is 6.54 Å². The lowest BCUT2D eigenvalue weighted by Gasteiger charge is -2.05. The monoisotopic (exact) mass is 178 g/mol. The Morgan fingerprint density at radius 2 is 2.00 bits per heavy atom. The molecular formula is C11H18N2. The third kappa shape index (κ3) is 3.55. The molecule has 72 valence electrons. The molecule has 0 amide bonds. The molecule has 0 saturated heterocycles. The van der Waals surface area contributed by atoms with Gasteiger partial charge < -0.3 is 5.73 Å². The Kier molecular flexibility index (Phi) is 3.90. The van der Waals surface area contributed by atoms with Crippen molar-refractivity contribution in [2.75, 3.05) is 0 Å². The summed E-state index contributed by atoms with van der Waals surface area (Å²) in [6.45, 7) is 5.06. The molecule has 0 aliphatic rings. The third-order valence-electron chi connectivity index (χ3n) is 2.10. The lowest BCUT2D eigenvalue weighted by molar-refractivity contribution is 0.586. The summed E-state index contributed by atoms with van der Waals surface area (Å²) in [4.78, 5) is 4.15. The molecule has 1 aromatic heterocycles. The fraction of sp³-hybridized carbons (Fsp3) is 0.545. The van der Waals surface area contributed by atoms with Crippen LogP contribution < -0.4 is 5.73 Å². The van der Waals surface area contributed by atoms with Crippen LogP contribution in [0, 0.1) is 5.92 Å². The van der Waals surface area contributed by atoms with Gasteiger partial charge in [0.2, 0.25) is 0 Å². The van der Waals surface area contributed by atoms with Gasteiger partial charge in [0, 0.05) is 18.9 Å². The zero-order valence-electron chi connectivity index (χ0n) is 8.46. The van der Waals surface area contributed by atoms with Gasteiger partial charge in [0.1, 0.15) is 0 Å². The average Bonchev–Trinajstić information content (AvgIpc) is 2.15. The maximum atomic E-state index is 5.53. The molecule has 0 unspecified atom stereocenters. The van der Waals surface area contributed by atoms with Gasteiger partial charge in [-0.15, -0.1) is 0 Å². The van der Waals surface area contributed by atoms with Crippen LogP contribution >= 0.6 is 0 Å². The average molecular weight is 178 g/mol. The SMILES string of the molecule is CC(C)CCc1cncc(CN)c1. The van der Waals surface area contributed by atoms with Gasteiger partial charge in [-0.25, -0.2) is 0 Å². The summed E-state index contributed by atoms with van der Waals surface area (Å²) in [5.74, 6) is 0.751. The van der Waals surface area contributed by atoms with Crippen molar-refractivity contribution >= 4 is 0 Å². The first-order chi connectivity index (χ1) is 6.22. The van der Waals surface area contributed by atoms with E-state index in [1.54, 1.807) is 0 Å². The molecule has 0 fully saturated rings. The Bertz CT molecular complexity index is 256. The summed E-state index contributed by atoms with van der Waals surface area (Å²) in [5.41, 5.74) is 7.96. The highest BCUT2D eigenvalue weighted by Gasteiger charge is 1.98. The summed E-state index contributed by atoms with van der Waals surface area (Å²) >= 11 is 0. The van der Waals surface area contributed by atoms with Gasteiger partial charge in [0.05, 0.1) is 0 Å². The normalized spacial score (nSPS) is 10.8. The molecule has 0 spiro atoms. The van der Waals surface area contributed by atoms with Gasteiger partial charge in [-0.1, -0.05) is 19.9 Å². The molecule has 0 bridgehead atoms. The van der Waals surface area contributed by atoms with Crippen molar-refractivity contribution in [2.24, 2.45) is 11.7 Å². The third-order valence-corrected chi connectivity index (χ3v) is 2.10. The highest BCUT2D eigenvalue weighted by molar-refractivity contribution is 5.17. The molecular weight excluding hydrogens is 160 g/mol. The van der Waals surface area contributed by atoms with Crippen molar-refractivity contribution in [3.8, 4) is 0 Å². The second-order valence-electron chi connectivity index (χ2n) is 3.84. The van der Waals surface area contributed by atoms with E-state index in [9.17, 15) is 0 Å². The second-order valence-corrected chi connectivity index (χ2v) is 3.84. The molecule has 0 aliphatic carbocycles. The van der Waals surface area contributed by atoms with Crippen LogP contribution in [0.5, 0.6) is 0 Å². The fourth-order valence-electron chi connectivity index (χ4n) is 1.25. The van der Waals surface area contributed by atoms with Crippen LogP contribution in [-0.2, 0) is 13.0 Å². The number of hydrogen-bond donors (Lipinski definition) is 1. The molecule has 0 radical (unpaired) electrons. The van der Waals surface area contributed by atoms with E-state index in [1.807, 2.05) is 12.4 Å². The standard InChI is InChI=1S/C11H18N2/c1-9(2)3-4-10-5-11(6-12)8-13-7-10/h5,7-9H,3-4,6,12H2,1-2H3. The van der Waals surface area contributed by atoms with E-state index < -0.39 is 0 Å². The van der Waals surface area contributed by atoms with Gasteiger partial charge >= 0.3 is 0 Å². The number of aryl methyl sites for hydroxylation is 1. The quantitative estimate of drug-likeness (QED) is 0.767. The first-order valence-corrected chi connectivity index (χ1v) is 4.85. The number of rotatable bonds is 4. The summed E-state index contributed by atoms with van der Waals surface area (Å²) in [6.07, 6.45) is 6.09. The summed E-state index contributed by atoms with van der Waals surface area (Å²) in [6, 6.07) is 2.15. The zero-order chi connectivity index (χ0) is 9.68. The van der Waals surface area contributed by atoms with Crippen molar-refractivity contribution < 1.29 is 0 Å². The van der Waals surface area contributed by atoms with Crippen LogP contribution in [0.4, 0.5) is 0 Å². The van der Waals surface area contributed by atoms with Gasteiger partial charge in [-0.3, -0.25) is 4.98 Å². The molecule has 2 nitrogen and oxygen atoms in total. The van der Waals surface area contributed by atoms with E-state index in [-0.39, 0.29) is 0 Å². The largest absolute Gasteiger partial charge is 0.326 e. The van der Waals surface area contributed by atoms with Crippen molar-refractivity contribution in [3.05, 3.63) is 29.6 Å². The zero-order valence-corrected chi connectivity index (χ0v) is 8.46. The molecule has 0 atom stereocenters. The van der Waals surface area contributed by atoms with Crippen LogP contribution in [0.25, 0.3) is 0 Å². The van der Waals surface area contributed by atoms with Gasteiger partial charge in [0.15, 0.2) is 0 Å². The molecule has 0 saturated carbocycles. The minimum absolute atomic E-state index is 0.586. The lowest BCUT2D eigenvalue weighted by atomic mass is 10.0. The highest BCUT2D eigenvalue weighted by atomic mass is 14.6. The van der Waals surface area contributed by atoms with E-state index in [0.717, 1.165) is 17.9 Å². The molecule has 13 heavy (non-hydrogen) atoms. The maximum Gasteiger partial charge on any atom is 0.0312 e. The molecule has 2 N–H and O–H groups in total. The van der Waals surface area contributed by atoms with Crippen molar-refractivity contribution in [2.45, 2.75) is 33.2 Å². The number of pyridine rings is 1. The molecule has 0 aromatic carbocycles. The van der Waals surface area contributed by atoms with E-state index in [4.69, 9.17) is 5.73 Å². The van der Waals surface area contributed by atoms with Gasteiger partial charge in [-0.05, 0) is 29.9 Å². The smallest absolute Gasteiger partial charge is 0.0312 e. The van der Waals surface area contributed by atoms with Crippen LogP contribution in [-0.4, -0.2) is 4.98 Å². The van der Waals surface area contributed by atoms with Gasteiger partial charge in [0.25, 0.3) is 0 Å². The highest BCUT2D eigenvalue weighted by Crippen LogP contribution is 2.09. The predicted molar refractivity (Wildman–Crippen MR) is 55.3 cm³/mol. The minimum Gasteiger partial charge on any atom is -0.326 e. The Morgan fingerprint density at radius 1 is 1.31 bits per heavy atom. The van der Waals surface area contributed by atoms with Gasteiger partial charge in [-0.2, -0.15) is 0 Å². The van der Waals surface area contributed by atoms with E-state index >= 15 is 0 Å². The van der Waals surface area contributed by atoms with Crippen molar-refractivity contribution in [1.29, 1.82) is 0 Å². The minimum atomic E-state index is 0.586. The van der Waals surface area contributed by atoms with Crippen LogP contribution in [0.15, 0.2) is 18.5 Å². The molecule has 1 aromatic rings. The predicted octanol–water partition coefficient (Wildman–Crippen LogP) is 2.13. The Labute approximate surface area is 80.2 Å². The molecule has 1 rings (SSSR count). The number of nitrogens with two attached hydrogens (primary N) is 1. The number of nitrogens with zero attached hydrogens (tertiary/aromatic N) is 1. The topological polar surface area (TPSA) is 38.9 Å². The Hall–Kier alpha value is -0.890. The molecule has 2 heteroatoms. The Balaban J connectivity index is 2.56. The van der Waals surface area contributed by atoms with Crippen LogP contribution in [0.2, 0.25) is 0 Å². The summed E-state index contributed by atoms with van der Waals surface area (Å²) in [7, 11) is 0. The summed E-state index contributed by atoms with van der Waals surface area (Å²) in [5, 5.41) is 0. The van der Waals surface area contributed by atoms with Crippen molar-refractivity contribution in [1.82, 2.24) is 4.98 Å². The van der Waals surface area contributed by atoms with E-state index in [1.165, 1.54) is 12.0 Å². The Morgan fingerprint density at radius 3 is 2.62 bits per heavy atom. The fourth-order valence-corrected chi connectivity index (χ4v) is 1.25. The second kappa shape index (κ2) is 4.97. The molecule has 0 aliphatic heterocycles. The maximum absolute atomic E-state index is 5.53. The van der Waals surface area contributed by atoms with Crippen LogP contribution in [0.1, 0.15) is 31.4 Å². The number of hydrogen-bond acceptors (Lipinski definition) is 2. The summed E-state index contributed by atoms with van der Waals surface area (Å²) < 4.78 is 0. The lowest BCUT2D eigenvalue weighted by Crippen LogP contribution is -1.99. The van der Waals surface area contributed by atoms with Crippen molar-refractivity contribution in [3.63, 3.8) is 0 Å². The van der Waals surface area contributed by atoms with E-state index in [2.05, 4.69) is 24.9 Å². The first-order valence-electron chi connectivity index (χ1n) is 4.85. The number of aromatic nitrogens is 1. The first kappa shape index (κ1) is 10.2. The molecule has 1 heterocycles.